The molecule has 0 unspecified atom stereocenters. The SMILES string of the molecule is CCN(CC)CCNCCC[Si](O)(O)O. The Morgan fingerprint density at radius 2 is 1.67 bits per heavy atom. The van der Waals surface area contributed by atoms with Crippen molar-refractivity contribution >= 4 is 8.80 Å². The quantitative estimate of drug-likeness (QED) is 0.312. The summed E-state index contributed by atoms with van der Waals surface area (Å²) in [7, 11) is -3.80. The first-order chi connectivity index (χ1) is 6.99. The van der Waals surface area contributed by atoms with Gasteiger partial charge < -0.3 is 24.6 Å². The first-order valence-electron chi connectivity index (χ1n) is 5.59. The molecule has 0 aromatic heterocycles. The first kappa shape index (κ1) is 15.0. The van der Waals surface area contributed by atoms with E-state index < -0.39 is 8.80 Å². The second kappa shape index (κ2) is 8.20. The van der Waals surface area contributed by atoms with Crippen molar-refractivity contribution in [2.75, 3.05) is 32.7 Å². The Kier molecular flexibility index (Phi) is 8.21. The standard InChI is InChI=1S/C9H24N2O3Si/c1-3-11(4-2)8-7-10-6-5-9-15(12,13)14/h10,12-14H,3-9H2,1-2H3. The highest BCUT2D eigenvalue weighted by Crippen LogP contribution is 1.99. The predicted molar refractivity (Wildman–Crippen MR) is 62.5 cm³/mol. The van der Waals surface area contributed by atoms with Crippen LogP contribution in [0, 0.1) is 0 Å². The van der Waals surface area contributed by atoms with E-state index in [4.69, 9.17) is 14.4 Å². The summed E-state index contributed by atoms with van der Waals surface area (Å²) in [6.45, 7) is 9.00. The van der Waals surface area contributed by atoms with Gasteiger partial charge in [-0.25, -0.2) is 0 Å². The molecule has 92 valence electrons. The van der Waals surface area contributed by atoms with Crippen molar-refractivity contribution in [3.63, 3.8) is 0 Å². The summed E-state index contributed by atoms with van der Waals surface area (Å²) in [5.74, 6) is 0. The van der Waals surface area contributed by atoms with Crippen LogP contribution >= 0.6 is 0 Å². The Morgan fingerprint density at radius 1 is 1.07 bits per heavy atom. The molecule has 0 atom stereocenters. The lowest BCUT2D eigenvalue weighted by Crippen LogP contribution is -2.36. The van der Waals surface area contributed by atoms with Crippen LogP contribution in [0.25, 0.3) is 0 Å². The number of nitrogens with zero attached hydrogens (tertiary/aromatic N) is 1. The van der Waals surface area contributed by atoms with E-state index in [1.165, 1.54) is 0 Å². The molecule has 0 aliphatic rings. The van der Waals surface area contributed by atoms with Crippen molar-refractivity contribution in [3.8, 4) is 0 Å². The zero-order chi connectivity index (χ0) is 11.7. The van der Waals surface area contributed by atoms with E-state index in [-0.39, 0.29) is 6.04 Å². The van der Waals surface area contributed by atoms with Crippen LogP contribution in [0.5, 0.6) is 0 Å². The highest BCUT2D eigenvalue weighted by atomic mass is 28.4. The lowest BCUT2D eigenvalue weighted by molar-refractivity contribution is 0.226. The van der Waals surface area contributed by atoms with E-state index in [9.17, 15) is 0 Å². The van der Waals surface area contributed by atoms with Crippen LogP contribution < -0.4 is 5.32 Å². The average Bonchev–Trinajstić information content (AvgIpc) is 2.15. The van der Waals surface area contributed by atoms with Crippen LogP contribution in [-0.2, 0) is 0 Å². The Labute approximate surface area is 93.1 Å². The summed E-state index contributed by atoms with van der Waals surface area (Å²) in [6, 6.07) is 0.116. The van der Waals surface area contributed by atoms with Gasteiger partial charge in [0.1, 0.15) is 0 Å². The maximum absolute atomic E-state index is 8.75. The highest BCUT2D eigenvalue weighted by Gasteiger charge is 2.25. The summed E-state index contributed by atoms with van der Waals surface area (Å²) in [4.78, 5) is 28.6. The Balaban J connectivity index is 3.25. The monoisotopic (exact) mass is 236 g/mol. The van der Waals surface area contributed by atoms with E-state index >= 15 is 0 Å². The Hall–Kier alpha value is 0.0169. The molecule has 4 N–H and O–H groups in total. The number of rotatable bonds is 9. The molecule has 6 heteroatoms. The molecule has 0 radical (unpaired) electrons. The fourth-order valence-electron chi connectivity index (χ4n) is 1.35. The molecule has 0 heterocycles. The topological polar surface area (TPSA) is 76.0 Å². The molecule has 0 fully saturated rings. The Morgan fingerprint density at radius 3 is 2.13 bits per heavy atom. The fraction of sp³-hybridized carbons (Fsp3) is 1.00. The Bertz CT molecular complexity index is 149. The number of nitrogens with one attached hydrogen (secondary N) is 1. The number of hydrogen-bond donors (Lipinski definition) is 4. The van der Waals surface area contributed by atoms with Crippen LogP contribution in [-0.4, -0.2) is 60.8 Å². The van der Waals surface area contributed by atoms with Gasteiger partial charge in [-0.15, -0.1) is 0 Å². The largest absolute Gasteiger partial charge is 0.492 e. The number of likely N-dealkylation sites (N-methyl/N-ethyl adjacent to an activating group) is 1. The number of hydrogen-bond acceptors (Lipinski definition) is 5. The maximum atomic E-state index is 8.75. The zero-order valence-electron chi connectivity index (χ0n) is 9.74. The molecule has 0 saturated heterocycles. The third-order valence-corrected chi connectivity index (χ3v) is 3.39. The molecular weight excluding hydrogens is 212 g/mol. The second-order valence-electron chi connectivity index (χ2n) is 3.65. The van der Waals surface area contributed by atoms with E-state index in [1.807, 2.05) is 0 Å². The molecule has 5 nitrogen and oxygen atoms in total. The molecule has 0 aliphatic carbocycles. The van der Waals surface area contributed by atoms with E-state index in [2.05, 4.69) is 24.1 Å². The molecular formula is C9H24N2O3Si. The summed E-state index contributed by atoms with van der Waals surface area (Å²) in [5.41, 5.74) is 0. The summed E-state index contributed by atoms with van der Waals surface area (Å²) < 4.78 is 0. The molecule has 0 aliphatic heterocycles. The summed E-state index contributed by atoms with van der Waals surface area (Å²) in [5, 5.41) is 3.20. The normalized spacial score (nSPS) is 12.4. The van der Waals surface area contributed by atoms with Gasteiger partial charge in [-0.1, -0.05) is 13.8 Å². The van der Waals surface area contributed by atoms with Gasteiger partial charge in [-0.3, -0.25) is 0 Å². The van der Waals surface area contributed by atoms with Gasteiger partial charge in [-0.2, -0.15) is 0 Å². The van der Waals surface area contributed by atoms with Gasteiger partial charge >= 0.3 is 8.80 Å². The van der Waals surface area contributed by atoms with Crippen molar-refractivity contribution in [2.45, 2.75) is 26.3 Å². The zero-order valence-corrected chi connectivity index (χ0v) is 10.7. The lowest BCUT2D eigenvalue weighted by atomic mass is 10.4. The molecule has 0 saturated carbocycles. The third-order valence-electron chi connectivity index (χ3n) is 2.36. The van der Waals surface area contributed by atoms with Gasteiger partial charge in [0.2, 0.25) is 0 Å². The minimum absolute atomic E-state index is 0.116. The third kappa shape index (κ3) is 10.3. The highest BCUT2D eigenvalue weighted by molar-refractivity contribution is 6.56. The van der Waals surface area contributed by atoms with Crippen molar-refractivity contribution in [1.82, 2.24) is 10.2 Å². The molecule has 0 aromatic carbocycles. The van der Waals surface area contributed by atoms with Crippen molar-refractivity contribution in [1.29, 1.82) is 0 Å². The minimum atomic E-state index is -3.80. The van der Waals surface area contributed by atoms with Gasteiger partial charge in [0.25, 0.3) is 0 Å². The van der Waals surface area contributed by atoms with Gasteiger partial charge in [-0.05, 0) is 26.1 Å². The van der Waals surface area contributed by atoms with Crippen molar-refractivity contribution in [3.05, 3.63) is 0 Å². The van der Waals surface area contributed by atoms with Crippen LogP contribution in [0.2, 0.25) is 6.04 Å². The molecule has 0 amide bonds. The van der Waals surface area contributed by atoms with Gasteiger partial charge in [0.05, 0.1) is 0 Å². The van der Waals surface area contributed by atoms with Crippen LogP contribution in [0.4, 0.5) is 0 Å². The second-order valence-corrected chi connectivity index (χ2v) is 5.70. The molecule has 0 spiro atoms. The van der Waals surface area contributed by atoms with Gasteiger partial charge in [0, 0.05) is 19.1 Å². The smallest absolute Gasteiger partial charge is 0.390 e. The lowest BCUT2D eigenvalue weighted by Gasteiger charge is -2.18. The average molecular weight is 236 g/mol. The maximum Gasteiger partial charge on any atom is 0.492 e. The molecule has 0 aromatic rings. The van der Waals surface area contributed by atoms with Gasteiger partial charge in [0.15, 0.2) is 0 Å². The van der Waals surface area contributed by atoms with Crippen molar-refractivity contribution in [2.24, 2.45) is 0 Å². The predicted octanol–water partition coefficient (Wildman–Crippen LogP) is -0.776. The van der Waals surface area contributed by atoms with E-state index in [1.54, 1.807) is 0 Å². The summed E-state index contributed by atoms with van der Waals surface area (Å²) in [6.07, 6.45) is 0.605. The fourth-order valence-corrected chi connectivity index (χ4v) is 2.00. The minimum Gasteiger partial charge on any atom is -0.390 e. The van der Waals surface area contributed by atoms with E-state index in [0.29, 0.717) is 6.42 Å². The molecule has 0 bridgehead atoms. The molecule has 0 rings (SSSR count). The van der Waals surface area contributed by atoms with Crippen LogP contribution in [0.15, 0.2) is 0 Å². The van der Waals surface area contributed by atoms with E-state index in [0.717, 1.165) is 32.7 Å². The van der Waals surface area contributed by atoms with Crippen molar-refractivity contribution < 1.29 is 14.4 Å². The van der Waals surface area contributed by atoms with Crippen LogP contribution in [0.1, 0.15) is 20.3 Å². The van der Waals surface area contributed by atoms with Crippen LogP contribution in [0.3, 0.4) is 0 Å². The summed E-state index contributed by atoms with van der Waals surface area (Å²) >= 11 is 0. The first-order valence-corrected chi connectivity index (χ1v) is 7.64. The molecule has 15 heavy (non-hydrogen) atoms.